The Morgan fingerprint density at radius 3 is 2.55 bits per heavy atom. The van der Waals surface area contributed by atoms with Gasteiger partial charge < -0.3 is 21.5 Å². The van der Waals surface area contributed by atoms with Crippen LogP contribution in [0, 0.1) is 22.8 Å². The smallest absolute Gasteiger partial charge is 0.337 e. The lowest BCUT2D eigenvalue weighted by molar-refractivity contribution is 0.0600. The van der Waals surface area contributed by atoms with Crippen molar-refractivity contribution in [3.63, 3.8) is 0 Å². The zero-order valence-corrected chi connectivity index (χ0v) is 17.5. The molecule has 0 radical (unpaired) electrons. The minimum absolute atomic E-state index is 0.0232. The van der Waals surface area contributed by atoms with Crippen LogP contribution in [0.25, 0.3) is 11.1 Å². The standard InChI is InChI=1S/C23H18N8O2/c1-33-22(32)13-8-6-12(7-9-13)14-4-2-3-5-15(14)19-17-18(26)16(10-24)20(27)30-21(17)31-23(29-19)28-11-25/h2-9,19H,1H3,(H6,26,27,28,29,30,31). The van der Waals surface area contributed by atoms with Gasteiger partial charge in [0.15, 0.2) is 6.19 Å². The summed E-state index contributed by atoms with van der Waals surface area (Å²) in [6.45, 7) is 0. The fraction of sp³-hybridized carbons (Fsp3) is 0.0870. The summed E-state index contributed by atoms with van der Waals surface area (Å²) in [6.07, 6.45) is 1.83. The van der Waals surface area contributed by atoms with Crippen LogP contribution in [0.4, 0.5) is 17.3 Å². The van der Waals surface area contributed by atoms with Crippen molar-refractivity contribution in [1.29, 1.82) is 10.5 Å². The van der Waals surface area contributed by atoms with Gasteiger partial charge in [0.25, 0.3) is 0 Å². The molecule has 1 unspecified atom stereocenters. The molecule has 1 atom stereocenters. The summed E-state index contributed by atoms with van der Waals surface area (Å²) in [5.41, 5.74) is 15.8. The second-order valence-corrected chi connectivity index (χ2v) is 7.06. The number of guanidine groups is 1. The summed E-state index contributed by atoms with van der Waals surface area (Å²) in [7, 11) is 1.33. The number of nitrogens with one attached hydrogen (secondary N) is 2. The van der Waals surface area contributed by atoms with Crippen molar-refractivity contribution in [2.24, 2.45) is 4.99 Å². The molecule has 0 saturated heterocycles. The third kappa shape index (κ3) is 3.73. The third-order valence-electron chi connectivity index (χ3n) is 5.23. The largest absolute Gasteiger partial charge is 0.465 e. The van der Waals surface area contributed by atoms with Gasteiger partial charge in [-0.15, -0.1) is 0 Å². The van der Waals surface area contributed by atoms with E-state index in [4.69, 9.17) is 21.5 Å². The number of nitrogen functional groups attached to an aromatic ring is 2. The maximum atomic E-state index is 11.8. The summed E-state index contributed by atoms with van der Waals surface area (Å²) in [4.78, 5) is 20.7. The van der Waals surface area contributed by atoms with E-state index in [0.29, 0.717) is 16.9 Å². The van der Waals surface area contributed by atoms with Gasteiger partial charge in [0.1, 0.15) is 29.3 Å². The van der Waals surface area contributed by atoms with Crippen molar-refractivity contribution in [2.45, 2.75) is 6.04 Å². The van der Waals surface area contributed by atoms with E-state index in [1.165, 1.54) is 7.11 Å². The molecule has 162 valence electrons. The summed E-state index contributed by atoms with van der Waals surface area (Å²) in [6, 6.07) is 15.8. The first kappa shape index (κ1) is 21.2. The molecule has 10 heteroatoms. The number of carbonyl (C=O) groups excluding carboxylic acids is 1. The van der Waals surface area contributed by atoms with Gasteiger partial charge >= 0.3 is 5.97 Å². The van der Waals surface area contributed by atoms with Crippen LogP contribution >= 0.6 is 0 Å². The van der Waals surface area contributed by atoms with E-state index in [1.807, 2.05) is 36.5 Å². The average molecular weight is 438 g/mol. The first-order valence-electron chi connectivity index (χ1n) is 9.75. The van der Waals surface area contributed by atoms with Crippen LogP contribution < -0.4 is 22.1 Å². The van der Waals surface area contributed by atoms with Crippen LogP contribution in [0.5, 0.6) is 0 Å². The second kappa shape index (κ2) is 8.57. The maximum absolute atomic E-state index is 11.8. The van der Waals surface area contributed by atoms with Gasteiger partial charge in [-0.25, -0.2) is 14.8 Å². The summed E-state index contributed by atoms with van der Waals surface area (Å²) in [5, 5.41) is 24.0. The van der Waals surface area contributed by atoms with Crippen LogP contribution in [0.3, 0.4) is 0 Å². The SMILES string of the molecule is COC(=O)c1ccc(-c2ccccc2C2N=C(NC#N)Nc3nc(N)c(C#N)c(N)c32)cc1. The maximum Gasteiger partial charge on any atom is 0.337 e. The molecule has 33 heavy (non-hydrogen) atoms. The van der Waals surface area contributed by atoms with E-state index in [1.54, 1.807) is 24.3 Å². The van der Waals surface area contributed by atoms with Crippen molar-refractivity contribution in [2.75, 3.05) is 23.9 Å². The minimum atomic E-state index is -0.686. The molecule has 6 N–H and O–H groups in total. The van der Waals surface area contributed by atoms with Gasteiger partial charge in [0.2, 0.25) is 5.96 Å². The molecule has 0 bridgehead atoms. The Kier molecular flexibility index (Phi) is 5.49. The van der Waals surface area contributed by atoms with Gasteiger partial charge in [0.05, 0.1) is 18.4 Å². The van der Waals surface area contributed by atoms with Gasteiger partial charge in [-0.3, -0.25) is 5.32 Å². The minimum Gasteiger partial charge on any atom is -0.465 e. The molecular weight excluding hydrogens is 420 g/mol. The molecule has 3 aromatic rings. The quantitative estimate of drug-likeness (QED) is 0.272. The Labute approximate surface area is 189 Å². The topological polar surface area (TPSA) is 175 Å². The van der Waals surface area contributed by atoms with Gasteiger partial charge in [-0.05, 0) is 28.8 Å². The number of nitrogens with two attached hydrogens (primary N) is 2. The highest BCUT2D eigenvalue weighted by Gasteiger charge is 2.31. The molecule has 10 nitrogen and oxygen atoms in total. The summed E-state index contributed by atoms with van der Waals surface area (Å²) in [5.74, 6) is 0.0174. The summed E-state index contributed by atoms with van der Waals surface area (Å²) >= 11 is 0. The number of hydrogen-bond donors (Lipinski definition) is 4. The zero-order chi connectivity index (χ0) is 23.5. The number of carbonyl (C=O) groups is 1. The first-order chi connectivity index (χ1) is 16.0. The van der Waals surface area contributed by atoms with Crippen LogP contribution in [-0.4, -0.2) is 24.0 Å². The lowest BCUT2D eigenvalue weighted by Crippen LogP contribution is -2.32. The molecule has 2 aromatic carbocycles. The number of hydrogen-bond acceptors (Lipinski definition) is 10. The zero-order valence-electron chi connectivity index (χ0n) is 17.5. The second-order valence-electron chi connectivity index (χ2n) is 7.06. The lowest BCUT2D eigenvalue weighted by Gasteiger charge is -2.27. The average Bonchev–Trinajstić information content (AvgIpc) is 2.83. The molecule has 0 fully saturated rings. The number of esters is 1. The van der Waals surface area contributed by atoms with E-state index in [-0.39, 0.29) is 23.0 Å². The number of aliphatic imine (C=N–C) groups is 1. The predicted molar refractivity (Wildman–Crippen MR) is 123 cm³/mol. The van der Waals surface area contributed by atoms with Gasteiger partial charge in [-0.2, -0.15) is 10.5 Å². The van der Waals surface area contributed by atoms with Crippen molar-refractivity contribution >= 4 is 29.3 Å². The molecule has 0 aliphatic carbocycles. The van der Waals surface area contributed by atoms with Gasteiger partial charge in [0, 0.05) is 5.56 Å². The molecule has 4 rings (SSSR count). The highest BCUT2D eigenvalue weighted by molar-refractivity contribution is 5.99. The number of rotatable bonds is 3. The van der Waals surface area contributed by atoms with Crippen LogP contribution in [0.1, 0.15) is 33.1 Å². The lowest BCUT2D eigenvalue weighted by atomic mass is 9.89. The molecule has 1 aliphatic heterocycles. The Morgan fingerprint density at radius 2 is 1.88 bits per heavy atom. The number of aromatic nitrogens is 1. The first-order valence-corrected chi connectivity index (χ1v) is 9.75. The molecule has 0 amide bonds. The fourth-order valence-electron chi connectivity index (χ4n) is 3.71. The molecule has 1 aliphatic rings. The molecular formula is C23H18N8O2. The number of pyridine rings is 1. The Morgan fingerprint density at radius 1 is 1.15 bits per heavy atom. The molecule has 2 heterocycles. The van der Waals surface area contributed by atoms with E-state index < -0.39 is 12.0 Å². The monoisotopic (exact) mass is 438 g/mol. The van der Waals surface area contributed by atoms with Crippen molar-refractivity contribution in [1.82, 2.24) is 10.3 Å². The van der Waals surface area contributed by atoms with E-state index >= 15 is 0 Å². The van der Waals surface area contributed by atoms with E-state index in [9.17, 15) is 10.1 Å². The van der Waals surface area contributed by atoms with Crippen molar-refractivity contribution in [3.05, 3.63) is 70.8 Å². The van der Waals surface area contributed by atoms with E-state index in [0.717, 1.165) is 16.7 Å². The van der Waals surface area contributed by atoms with E-state index in [2.05, 4.69) is 20.6 Å². The Bertz CT molecular complexity index is 1370. The number of anilines is 3. The molecule has 0 spiro atoms. The van der Waals surface area contributed by atoms with Crippen LogP contribution in [-0.2, 0) is 4.74 Å². The van der Waals surface area contributed by atoms with Crippen molar-refractivity contribution < 1.29 is 9.53 Å². The number of nitriles is 2. The number of fused-ring (bicyclic) bond motifs is 1. The van der Waals surface area contributed by atoms with Crippen LogP contribution in [0.2, 0.25) is 0 Å². The molecule has 0 saturated carbocycles. The molecule has 1 aromatic heterocycles. The Balaban J connectivity index is 1.91. The number of nitrogens with zero attached hydrogens (tertiary/aromatic N) is 4. The number of ether oxygens (including phenoxy) is 1. The normalized spacial score (nSPS) is 14.0. The van der Waals surface area contributed by atoms with Crippen LogP contribution in [0.15, 0.2) is 53.5 Å². The number of methoxy groups -OCH3 is 1. The highest BCUT2D eigenvalue weighted by atomic mass is 16.5. The summed E-state index contributed by atoms with van der Waals surface area (Å²) < 4.78 is 4.76. The number of benzene rings is 2. The Hall–Kier alpha value is -5.09. The highest BCUT2D eigenvalue weighted by Crippen LogP contribution is 2.43. The third-order valence-corrected chi connectivity index (χ3v) is 5.23. The fourth-order valence-corrected chi connectivity index (χ4v) is 3.71. The van der Waals surface area contributed by atoms with Gasteiger partial charge in [-0.1, -0.05) is 36.4 Å². The predicted octanol–water partition coefficient (Wildman–Crippen LogP) is 2.51. The van der Waals surface area contributed by atoms with Crippen molar-refractivity contribution in [3.8, 4) is 23.4 Å².